The summed E-state index contributed by atoms with van der Waals surface area (Å²) in [7, 11) is -4.22. The minimum atomic E-state index is -4.22. The second-order valence-electron chi connectivity index (χ2n) is 3.72. The zero-order chi connectivity index (χ0) is 12.4. The molecule has 0 aliphatic heterocycles. The molecule has 7 heteroatoms. The summed E-state index contributed by atoms with van der Waals surface area (Å²) in [4.78, 5) is 11.2. The maximum absolute atomic E-state index is 11.2. The van der Waals surface area contributed by atoms with Crippen molar-refractivity contribution in [3.8, 4) is 0 Å². The summed E-state index contributed by atoms with van der Waals surface area (Å²) < 4.78 is 20.3. The molecule has 0 rings (SSSR count). The summed E-state index contributed by atoms with van der Waals surface area (Å²) in [6.07, 6.45) is 4.02. The van der Waals surface area contributed by atoms with Crippen molar-refractivity contribution in [1.82, 2.24) is 0 Å². The Kier molecular flexibility index (Phi) is 14.5. The fourth-order valence-corrected chi connectivity index (χ4v) is 2.06. The van der Waals surface area contributed by atoms with Crippen molar-refractivity contribution >= 4 is 7.82 Å². The first kappa shape index (κ1) is 20.4. The summed E-state index contributed by atoms with van der Waals surface area (Å²) in [6, 6.07) is 0. The number of phosphoric ester groups is 1. The largest absolute Gasteiger partial charge is 1.00 e. The molecule has 0 saturated heterocycles. The van der Waals surface area contributed by atoms with Gasteiger partial charge in [0, 0.05) is 0 Å². The fourth-order valence-electron chi connectivity index (χ4n) is 1.28. The van der Waals surface area contributed by atoms with Gasteiger partial charge in [0.25, 0.3) is 7.82 Å². The van der Waals surface area contributed by atoms with Crippen molar-refractivity contribution in [3.05, 3.63) is 0 Å². The van der Waals surface area contributed by atoms with Crippen molar-refractivity contribution in [2.24, 2.45) is 5.92 Å². The van der Waals surface area contributed by atoms with Gasteiger partial charge in [-0.15, -0.1) is 0 Å². The van der Waals surface area contributed by atoms with Gasteiger partial charge in [0.15, 0.2) is 0 Å². The van der Waals surface area contributed by atoms with Crippen LogP contribution in [0.1, 0.15) is 39.5 Å². The van der Waals surface area contributed by atoms with Crippen LogP contribution in [0.3, 0.4) is 0 Å². The van der Waals surface area contributed by atoms with Crippen LogP contribution in [0.25, 0.3) is 0 Å². The Bertz CT molecular complexity index is 215. The number of aliphatic hydroxyl groups is 1. The number of hydrogen-bond acceptors (Lipinski definition) is 5. The molecule has 2 unspecified atom stereocenters. The molecule has 0 heterocycles. The van der Waals surface area contributed by atoms with Gasteiger partial charge in [-0.3, -0.25) is 4.57 Å². The maximum Gasteiger partial charge on any atom is 1.00 e. The van der Waals surface area contributed by atoms with Crippen molar-refractivity contribution in [3.63, 3.8) is 0 Å². The van der Waals surface area contributed by atoms with Gasteiger partial charge >= 0.3 is 29.6 Å². The molecule has 1 N–H and O–H groups in total. The summed E-state index contributed by atoms with van der Waals surface area (Å²) >= 11 is 0. The van der Waals surface area contributed by atoms with Gasteiger partial charge < -0.3 is 19.0 Å². The molecule has 0 amide bonds. The van der Waals surface area contributed by atoms with E-state index in [-0.39, 0.29) is 55.3 Å². The minimum Gasteiger partial charge on any atom is -0.756 e. The zero-order valence-electron chi connectivity index (χ0n) is 11.1. The molecule has 0 bridgehead atoms. The Balaban J connectivity index is 0. The molecule has 0 aromatic heterocycles. The predicted molar refractivity (Wildman–Crippen MR) is 59.9 cm³/mol. The normalized spacial score (nSPS) is 16.0. The van der Waals surface area contributed by atoms with Crippen molar-refractivity contribution < 1.29 is 53.2 Å². The van der Waals surface area contributed by atoms with Gasteiger partial charge in [-0.25, -0.2) is 0 Å². The molecule has 0 radical (unpaired) electrons. The first-order valence-corrected chi connectivity index (χ1v) is 7.22. The van der Waals surface area contributed by atoms with Gasteiger partial charge in [0.1, 0.15) is 0 Å². The Labute approximate surface area is 126 Å². The molecule has 5 nitrogen and oxygen atoms in total. The summed E-state index contributed by atoms with van der Waals surface area (Å²) in [5.74, 6) is 0.250. The molecule has 0 fully saturated rings. The van der Waals surface area contributed by atoms with E-state index in [2.05, 4.69) is 11.4 Å². The van der Waals surface area contributed by atoms with E-state index in [1.807, 2.05) is 6.92 Å². The van der Waals surface area contributed by atoms with Crippen LogP contribution in [0.5, 0.6) is 0 Å². The third-order valence-electron chi connectivity index (χ3n) is 2.35. The average molecular weight is 276 g/mol. The van der Waals surface area contributed by atoms with Crippen molar-refractivity contribution in [1.29, 1.82) is 0 Å². The van der Waals surface area contributed by atoms with Gasteiger partial charge in [-0.05, 0) is 12.3 Å². The third-order valence-corrected chi connectivity index (χ3v) is 3.32. The predicted octanol–water partition coefficient (Wildman–Crippen LogP) is -1.30. The van der Waals surface area contributed by atoms with Crippen LogP contribution in [-0.2, 0) is 13.6 Å². The number of aliphatic hydroxyl groups excluding tert-OH is 1. The Morgan fingerprint density at radius 2 is 2.00 bits per heavy atom. The number of unbranched alkanes of at least 4 members (excludes halogenated alkanes) is 1. The van der Waals surface area contributed by atoms with E-state index in [9.17, 15) is 9.46 Å². The van der Waals surface area contributed by atoms with Crippen LogP contribution >= 0.6 is 7.82 Å². The standard InChI is InChI=1S/C10H23O5P.Na/c1-3-5-6-10(4-2)9-15-16(12,13)14-8-7-11;/h10-11H,3-9H2,1-2H3,(H,12,13);/q;+1/p-1. The van der Waals surface area contributed by atoms with Crippen LogP contribution in [0.4, 0.5) is 0 Å². The molecule has 17 heavy (non-hydrogen) atoms. The quantitative estimate of drug-likeness (QED) is 0.396. The second kappa shape index (κ2) is 12.1. The first-order chi connectivity index (χ1) is 7.55. The SMILES string of the molecule is CCCCC(CC)COP(=O)([O-])OCCO.[Na+]. The van der Waals surface area contributed by atoms with E-state index < -0.39 is 7.82 Å². The molecule has 0 saturated carbocycles. The van der Waals surface area contributed by atoms with Gasteiger partial charge in [0.2, 0.25) is 0 Å². The fraction of sp³-hybridized carbons (Fsp3) is 1.00. The van der Waals surface area contributed by atoms with E-state index in [4.69, 9.17) is 9.63 Å². The van der Waals surface area contributed by atoms with Crippen LogP contribution in [0, 0.1) is 5.92 Å². The van der Waals surface area contributed by atoms with Crippen LogP contribution in [0.15, 0.2) is 0 Å². The monoisotopic (exact) mass is 276 g/mol. The maximum atomic E-state index is 11.2. The van der Waals surface area contributed by atoms with E-state index in [1.165, 1.54) is 0 Å². The second-order valence-corrected chi connectivity index (χ2v) is 5.13. The molecule has 98 valence electrons. The summed E-state index contributed by atoms with van der Waals surface area (Å²) in [5.41, 5.74) is 0. The Hall–Kier alpha value is 1.07. The van der Waals surface area contributed by atoms with E-state index >= 15 is 0 Å². The Morgan fingerprint density at radius 3 is 2.47 bits per heavy atom. The van der Waals surface area contributed by atoms with Gasteiger partial charge in [-0.1, -0.05) is 33.1 Å². The number of phosphoric acid groups is 1. The first-order valence-electron chi connectivity index (χ1n) is 5.76. The number of hydrogen-bond donors (Lipinski definition) is 1. The van der Waals surface area contributed by atoms with E-state index in [0.29, 0.717) is 0 Å². The number of rotatable bonds is 10. The average Bonchev–Trinajstić information content (AvgIpc) is 2.27. The summed E-state index contributed by atoms with van der Waals surface area (Å²) in [5, 5.41) is 8.43. The van der Waals surface area contributed by atoms with Crippen LogP contribution in [-0.4, -0.2) is 24.9 Å². The minimum absolute atomic E-state index is 0. The molecule has 0 aliphatic rings. The van der Waals surface area contributed by atoms with Crippen LogP contribution in [0.2, 0.25) is 0 Å². The van der Waals surface area contributed by atoms with Crippen molar-refractivity contribution in [2.75, 3.05) is 19.8 Å². The molecular weight excluding hydrogens is 254 g/mol. The molecule has 0 aromatic rings. The molecule has 0 aromatic carbocycles. The third kappa shape index (κ3) is 11.9. The van der Waals surface area contributed by atoms with Gasteiger partial charge in [-0.2, -0.15) is 0 Å². The molecule has 2 atom stereocenters. The molecular formula is C10H22NaO5P. The molecule has 0 spiro atoms. The van der Waals surface area contributed by atoms with E-state index in [1.54, 1.807) is 0 Å². The zero-order valence-corrected chi connectivity index (χ0v) is 13.9. The topological polar surface area (TPSA) is 78.8 Å². The van der Waals surface area contributed by atoms with E-state index in [0.717, 1.165) is 25.7 Å². The smallest absolute Gasteiger partial charge is 0.756 e. The summed E-state index contributed by atoms with van der Waals surface area (Å²) in [6.45, 7) is 3.70. The Morgan fingerprint density at radius 1 is 1.35 bits per heavy atom. The molecule has 0 aliphatic carbocycles. The van der Waals surface area contributed by atoms with Crippen LogP contribution < -0.4 is 34.5 Å². The van der Waals surface area contributed by atoms with Crippen molar-refractivity contribution in [2.45, 2.75) is 39.5 Å². The van der Waals surface area contributed by atoms with Gasteiger partial charge in [0.05, 0.1) is 19.8 Å².